The summed E-state index contributed by atoms with van der Waals surface area (Å²) in [6, 6.07) is 0.542. The van der Waals surface area contributed by atoms with Gasteiger partial charge in [-0.3, -0.25) is 9.69 Å². The van der Waals surface area contributed by atoms with Crippen LogP contribution in [-0.4, -0.2) is 91.1 Å². The molecule has 10 heteroatoms. The number of carbonyl (C=O) groups excluding carboxylic acids is 1. The second-order valence-corrected chi connectivity index (χ2v) is 8.54. The summed E-state index contributed by atoms with van der Waals surface area (Å²) in [4.78, 5) is 26.4. The fourth-order valence-corrected chi connectivity index (χ4v) is 4.90. The molecule has 0 aliphatic carbocycles. The third-order valence-corrected chi connectivity index (χ3v) is 6.46. The highest BCUT2D eigenvalue weighted by molar-refractivity contribution is 5.79. The molecule has 0 aromatic heterocycles. The Morgan fingerprint density at radius 3 is 2.27 bits per heavy atom. The van der Waals surface area contributed by atoms with E-state index in [0.717, 1.165) is 64.8 Å². The average Bonchev–Trinajstić information content (AvgIpc) is 3.40. The van der Waals surface area contributed by atoms with E-state index in [9.17, 15) is 18.0 Å². The number of ether oxygens (including phenoxy) is 2. The first kappa shape index (κ1) is 23.3. The SMILES string of the molecule is O=C(O)C(F)(F)F.O=C([C@H]1C[C@H]2OCC[C@H]2N(CC2CCOCC2)C1)N1CCCC1. The quantitative estimate of drug-likeness (QED) is 0.731. The first-order chi connectivity index (χ1) is 14.3. The maximum atomic E-state index is 12.9. The number of halogens is 3. The van der Waals surface area contributed by atoms with E-state index < -0.39 is 12.1 Å². The van der Waals surface area contributed by atoms with Crippen molar-refractivity contribution in [1.29, 1.82) is 0 Å². The molecule has 4 saturated heterocycles. The molecule has 4 aliphatic rings. The number of rotatable bonds is 3. The molecule has 4 rings (SSSR count). The van der Waals surface area contributed by atoms with Crippen LogP contribution in [-0.2, 0) is 19.1 Å². The van der Waals surface area contributed by atoms with Crippen LogP contribution in [0.15, 0.2) is 0 Å². The number of carboxylic acids is 1. The van der Waals surface area contributed by atoms with E-state index in [1.54, 1.807) is 0 Å². The molecule has 0 aromatic carbocycles. The number of carbonyl (C=O) groups is 2. The second-order valence-electron chi connectivity index (χ2n) is 8.54. The molecule has 0 saturated carbocycles. The number of likely N-dealkylation sites (tertiary alicyclic amines) is 2. The van der Waals surface area contributed by atoms with E-state index in [2.05, 4.69) is 9.80 Å². The number of alkyl halides is 3. The van der Waals surface area contributed by atoms with Crippen molar-refractivity contribution in [2.45, 2.75) is 56.8 Å². The lowest BCUT2D eigenvalue weighted by atomic mass is 9.87. The summed E-state index contributed by atoms with van der Waals surface area (Å²) in [6.07, 6.45) is 1.95. The highest BCUT2D eigenvalue weighted by Gasteiger charge is 2.44. The number of carboxylic acid groups (broad SMARTS) is 1. The Labute approximate surface area is 174 Å². The molecule has 0 unspecified atom stereocenters. The monoisotopic (exact) mass is 436 g/mol. The topological polar surface area (TPSA) is 79.3 Å². The van der Waals surface area contributed by atoms with Crippen molar-refractivity contribution in [2.24, 2.45) is 11.8 Å². The molecule has 0 aromatic rings. The van der Waals surface area contributed by atoms with Gasteiger partial charge < -0.3 is 19.5 Å². The third kappa shape index (κ3) is 6.07. The lowest BCUT2D eigenvalue weighted by Crippen LogP contribution is -2.54. The van der Waals surface area contributed by atoms with E-state index >= 15 is 0 Å². The fourth-order valence-electron chi connectivity index (χ4n) is 4.90. The molecule has 0 spiro atoms. The van der Waals surface area contributed by atoms with Gasteiger partial charge in [-0.25, -0.2) is 4.79 Å². The summed E-state index contributed by atoms with van der Waals surface area (Å²) in [6.45, 7) is 6.66. The van der Waals surface area contributed by atoms with Gasteiger partial charge in [-0.15, -0.1) is 0 Å². The molecule has 0 bridgehead atoms. The third-order valence-electron chi connectivity index (χ3n) is 6.46. The molecule has 3 atom stereocenters. The molecule has 1 amide bonds. The van der Waals surface area contributed by atoms with E-state index in [4.69, 9.17) is 19.4 Å². The number of aliphatic carboxylic acids is 1. The predicted octanol–water partition coefficient (Wildman–Crippen LogP) is 2.15. The predicted molar refractivity (Wildman–Crippen MR) is 101 cm³/mol. The Hall–Kier alpha value is -1.39. The number of fused-ring (bicyclic) bond motifs is 1. The number of amides is 1. The zero-order valence-electron chi connectivity index (χ0n) is 17.1. The molecule has 0 radical (unpaired) electrons. The van der Waals surface area contributed by atoms with E-state index in [1.165, 1.54) is 25.7 Å². The summed E-state index contributed by atoms with van der Waals surface area (Å²) < 4.78 is 43.2. The van der Waals surface area contributed by atoms with Gasteiger partial charge in [-0.1, -0.05) is 0 Å². The Kier molecular flexibility index (Phi) is 7.98. The zero-order valence-corrected chi connectivity index (χ0v) is 17.1. The van der Waals surface area contributed by atoms with Crippen LogP contribution in [0.25, 0.3) is 0 Å². The molecular formula is C20H31F3N2O5. The zero-order chi connectivity index (χ0) is 21.7. The van der Waals surface area contributed by atoms with Crippen molar-refractivity contribution in [3.63, 3.8) is 0 Å². The van der Waals surface area contributed by atoms with Crippen molar-refractivity contribution in [3.8, 4) is 0 Å². The van der Waals surface area contributed by atoms with Crippen molar-refractivity contribution in [2.75, 3.05) is 46.0 Å². The average molecular weight is 436 g/mol. The Balaban J connectivity index is 0.000000318. The molecule has 1 N–H and O–H groups in total. The largest absolute Gasteiger partial charge is 0.490 e. The Morgan fingerprint density at radius 1 is 1.03 bits per heavy atom. The molecular weight excluding hydrogens is 405 g/mol. The maximum absolute atomic E-state index is 12.9. The maximum Gasteiger partial charge on any atom is 0.490 e. The van der Waals surface area contributed by atoms with Crippen LogP contribution in [0.2, 0.25) is 0 Å². The second kappa shape index (κ2) is 10.3. The van der Waals surface area contributed by atoms with Crippen LogP contribution < -0.4 is 0 Å². The van der Waals surface area contributed by atoms with Gasteiger partial charge in [-0.05, 0) is 44.4 Å². The van der Waals surface area contributed by atoms with Gasteiger partial charge in [-0.2, -0.15) is 13.2 Å². The van der Waals surface area contributed by atoms with Crippen molar-refractivity contribution in [3.05, 3.63) is 0 Å². The smallest absolute Gasteiger partial charge is 0.475 e. The molecule has 172 valence electrons. The molecule has 4 fully saturated rings. The van der Waals surface area contributed by atoms with Crippen LogP contribution in [0.5, 0.6) is 0 Å². The summed E-state index contributed by atoms with van der Waals surface area (Å²) in [5, 5.41) is 7.12. The standard InChI is InChI=1S/C18H30N2O3.C2HF3O2/c21-18(19-6-1-2-7-19)15-11-17-16(5-10-23-17)20(13-15)12-14-3-8-22-9-4-14;3-2(4,5)1(6)7/h14-17H,1-13H2;(H,6,7)/t15-,16+,17+;/m0./s1. The first-order valence-corrected chi connectivity index (χ1v) is 10.8. The van der Waals surface area contributed by atoms with Crippen LogP contribution in [0.4, 0.5) is 13.2 Å². The number of hydrogen-bond acceptors (Lipinski definition) is 5. The van der Waals surface area contributed by atoms with Crippen molar-refractivity contribution >= 4 is 11.9 Å². The van der Waals surface area contributed by atoms with E-state index in [0.29, 0.717) is 11.9 Å². The van der Waals surface area contributed by atoms with E-state index in [-0.39, 0.29) is 12.0 Å². The van der Waals surface area contributed by atoms with Gasteiger partial charge in [0, 0.05) is 52.0 Å². The van der Waals surface area contributed by atoms with E-state index in [1.807, 2.05) is 0 Å². The Bertz CT molecular complexity index is 591. The lowest BCUT2D eigenvalue weighted by molar-refractivity contribution is -0.192. The number of piperidine rings is 1. The van der Waals surface area contributed by atoms with Crippen molar-refractivity contribution < 1.29 is 37.3 Å². The van der Waals surface area contributed by atoms with Crippen LogP contribution in [0, 0.1) is 11.8 Å². The Morgan fingerprint density at radius 2 is 1.67 bits per heavy atom. The van der Waals surface area contributed by atoms with Gasteiger partial charge in [0.1, 0.15) is 0 Å². The van der Waals surface area contributed by atoms with Crippen LogP contribution in [0.1, 0.15) is 38.5 Å². The fraction of sp³-hybridized carbons (Fsp3) is 0.900. The van der Waals surface area contributed by atoms with Gasteiger partial charge in [0.05, 0.1) is 12.0 Å². The summed E-state index contributed by atoms with van der Waals surface area (Å²) in [5.41, 5.74) is 0. The van der Waals surface area contributed by atoms with Crippen LogP contribution in [0.3, 0.4) is 0 Å². The molecule has 7 nitrogen and oxygen atoms in total. The molecule has 4 aliphatic heterocycles. The van der Waals surface area contributed by atoms with Gasteiger partial charge >= 0.3 is 12.1 Å². The molecule has 4 heterocycles. The number of nitrogens with zero attached hydrogens (tertiary/aromatic N) is 2. The van der Waals surface area contributed by atoms with Crippen LogP contribution >= 0.6 is 0 Å². The minimum absolute atomic E-state index is 0.146. The van der Waals surface area contributed by atoms with Gasteiger partial charge in [0.2, 0.25) is 5.91 Å². The van der Waals surface area contributed by atoms with Gasteiger partial charge in [0.15, 0.2) is 0 Å². The highest BCUT2D eigenvalue weighted by atomic mass is 19.4. The normalized spacial score (nSPS) is 30.5. The number of hydrogen-bond donors (Lipinski definition) is 1. The first-order valence-electron chi connectivity index (χ1n) is 10.8. The highest BCUT2D eigenvalue weighted by Crippen LogP contribution is 2.34. The van der Waals surface area contributed by atoms with Gasteiger partial charge in [0.25, 0.3) is 0 Å². The minimum atomic E-state index is -5.08. The summed E-state index contributed by atoms with van der Waals surface area (Å²) >= 11 is 0. The lowest BCUT2D eigenvalue weighted by Gasteiger charge is -2.43. The van der Waals surface area contributed by atoms with Crippen molar-refractivity contribution in [1.82, 2.24) is 9.80 Å². The summed E-state index contributed by atoms with van der Waals surface area (Å²) in [7, 11) is 0. The molecule has 30 heavy (non-hydrogen) atoms. The minimum Gasteiger partial charge on any atom is -0.475 e. The summed E-state index contributed by atoms with van der Waals surface area (Å²) in [5.74, 6) is -1.50.